The molecule has 1 atom stereocenters. The number of carbonyl (C=O) groups is 1. The predicted octanol–water partition coefficient (Wildman–Crippen LogP) is 3.13. The van der Waals surface area contributed by atoms with Gasteiger partial charge in [0.1, 0.15) is 0 Å². The second-order valence-corrected chi connectivity index (χ2v) is 3.88. The Kier molecular flexibility index (Phi) is 3.24. The van der Waals surface area contributed by atoms with E-state index in [0.717, 1.165) is 23.1 Å². The topological polar surface area (TPSA) is 26.3 Å². The molecule has 2 heteroatoms. The van der Waals surface area contributed by atoms with Gasteiger partial charge in [0, 0.05) is 5.56 Å². The lowest BCUT2D eigenvalue weighted by molar-refractivity contribution is -0.132. The van der Waals surface area contributed by atoms with Gasteiger partial charge in [-0.2, -0.15) is 0 Å². The molecule has 1 aromatic carbocycles. The second kappa shape index (κ2) is 4.83. The Hall–Kier alpha value is -2.09. The van der Waals surface area contributed by atoms with Crippen LogP contribution in [0.25, 0.3) is 0 Å². The maximum absolute atomic E-state index is 10.6. The minimum atomic E-state index is -0.358. The minimum Gasteiger partial charge on any atom is -0.455 e. The van der Waals surface area contributed by atoms with Gasteiger partial charge in [0.05, 0.1) is 0 Å². The van der Waals surface area contributed by atoms with Crippen molar-refractivity contribution in [2.45, 2.75) is 12.5 Å². The van der Waals surface area contributed by atoms with Crippen LogP contribution < -0.4 is 0 Å². The van der Waals surface area contributed by atoms with Gasteiger partial charge >= 0.3 is 0 Å². The van der Waals surface area contributed by atoms with Crippen molar-refractivity contribution in [2.24, 2.45) is 0 Å². The maximum Gasteiger partial charge on any atom is 0.294 e. The Labute approximate surface area is 101 Å². The summed E-state index contributed by atoms with van der Waals surface area (Å²) < 4.78 is 5.19. The zero-order valence-corrected chi connectivity index (χ0v) is 9.56. The second-order valence-electron chi connectivity index (χ2n) is 3.88. The Morgan fingerprint density at radius 2 is 2.00 bits per heavy atom. The van der Waals surface area contributed by atoms with Gasteiger partial charge in [0.15, 0.2) is 6.10 Å². The van der Waals surface area contributed by atoms with Gasteiger partial charge in [-0.1, -0.05) is 49.6 Å². The first-order valence-electron chi connectivity index (χ1n) is 5.46. The SMILES string of the molecule is C=CC1=C(C=C)C(OC=O)c2ccccc2C1. The molecule has 2 nitrogen and oxygen atoms in total. The summed E-state index contributed by atoms with van der Waals surface area (Å²) in [5.74, 6) is 0. The molecule has 2 rings (SSSR count). The molecule has 0 saturated carbocycles. The molecule has 0 saturated heterocycles. The third-order valence-electron chi connectivity index (χ3n) is 3.03. The van der Waals surface area contributed by atoms with Crippen molar-refractivity contribution in [1.82, 2.24) is 0 Å². The fourth-order valence-electron chi connectivity index (χ4n) is 2.22. The average Bonchev–Trinajstić information content (AvgIpc) is 2.38. The first kappa shape index (κ1) is 11.4. The van der Waals surface area contributed by atoms with E-state index in [1.165, 1.54) is 5.56 Å². The van der Waals surface area contributed by atoms with Gasteiger partial charge in [-0.3, -0.25) is 4.79 Å². The molecule has 0 radical (unpaired) electrons. The minimum absolute atomic E-state index is 0.358. The van der Waals surface area contributed by atoms with Crippen molar-refractivity contribution in [3.8, 4) is 0 Å². The van der Waals surface area contributed by atoms with Crippen LogP contribution in [0, 0.1) is 0 Å². The number of hydrogen-bond acceptors (Lipinski definition) is 2. The number of allylic oxidation sites excluding steroid dienone is 2. The Balaban J connectivity index is 2.56. The fraction of sp³-hybridized carbons (Fsp3) is 0.133. The summed E-state index contributed by atoms with van der Waals surface area (Å²) in [6.45, 7) is 8.07. The van der Waals surface area contributed by atoms with Crippen LogP contribution >= 0.6 is 0 Å². The van der Waals surface area contributed by atoms with Crippen molar-refractivity contribution in [2.75, 3.05) is 0 Å². The summed E-state index contributed by atoms with van der Waals surface area (Å²) >= 11 is 0. The average molecular weight is 226 g/mol. The molecule has 0 N–H and O–H groups in total. The third-order valence-corrected chi connectivity index (χ3v) is 3.03. The van der Waals surface area contributed by atoms with Crippen LogP contribution in [0.4, 0.5) is 0 Å². The Morgan fingerprint density at radius 1 is 1.24 bits per heavy atom. The van der Waals surface area contributed by atoms with E-state index < -0.39 is 0 Å². The monoisotopic (exact) mass is 226 g/mol. The van der Waals surface area contributed by atoms with E-state index in [9.17, 15) is 4.79 Å². The van der Waals surface area contributed by atoms with Crippen molar-refractivity contribution >= 4 is 6.47 Å². The summed E-state index contributed by atoms with van der Waals surface area (Å²) in [6.07, 6.45) is 3.98. The number of hydrogen-bond donors (Lipinski definition) is 0. The van der Waals surface area contributed by atoms with Crippen LogP contribution in [0.15, 0.2) is 60.7 Å². The van der Waals surface area contributed by atoms with E-state index in [1.54, 1.807) is 12.2 Å². The zero-order valence-electron chi connectivity index (χ0n) is 9.56. The molecule has 0 bridgehead atoms. The molecule has 0 aromatic heterocycles. The quantitative estimate of drug-likeness (QED) is 0.737. The number of rotatable bonds is 4. The number of ether oxygens (including phenoxy) is 1. The lowest BCUT2D eigenvalue weighted by Gasteiger charge is -2.27. The van der Waals surface area contributed by atoms with Gasteiger partial charge < -0.3 is 4.74 Å². The Morgan fingerprint density at radius 3 is 2.65 bits per heavy atom. The van der Waals surface area contributed by atoms with Crippen LogP contribution in [-0.2, 0) is 16.0 Å². The molecular weight excluding hydrogens is 212 g/mol. The third kappa shape index (κ3) is 1.94. The molecule has 0 fully saturated rings. The van der Waals surface area contributed by atoms with Crippen molar-refractivity contribution in [3.05, 3.63) is 71.8 Å². The van der Waals surface area contributed by atoms with Crippen molar-refractivity contribution < 1.29 is 9.53 Å². The summed E-state index contributed by atoms with van der Waals surface area (Å²) in [7, 11) is 0. The molecule has 17 heavy (non-hydrogen) atoms. The van der Waals surface area contributed by atoms with Gasteiger partial charge in [-0.15, -0.1) is 0 Å². The van der Waals surface area contributed by atoms with E-state index in [-0.39, 0.29) is 6.10 Å². The molecule has 1 unspecified atom stereocenters. The van der Waals surface area contributed by atoms with Crippen LogP contribution in [0.3, 0.4) is 0 Å². The smallest absolute Gasteiger partial charge is 0.294 e. The molecule has 0 spiro atoms. The first-order valence-corrected chi connectivity index (χ1v) is 5.46. The largest absolute Gasteiger partial charge is 0.455 e. The molecule has 86 valence electrons. The number of carbonyl (C=O) groups excluding carboxylic acids is 1. The summed E-state index contributed by atoms with van der Waals surface area (Å²) in [5.41, 5.74) is 4.18. The van der Waals surface area contributed by atoms with Crippen LogP contribution in [0.2, 0.25) is 0 Å². The highest BCUT2D eigenvalue weighted by molar-refractivity contribution is 5.52. The van der Waals surface area contributed by atoms with Gasteiger partial charge in [0.2, 0.25) is 0 Å². The van der Waals surface area contributed by atoms with E-state index in [2.05, 4.69) is 13.2 Å². The van der Waals surface area contributed by atoms with E-state index in [0.29, 0.717) is 6.47 Å². The van der Waals surface area contributed by atoms with Crippen molar-refractivity contribution in [1.29, 1.82) is 0 Å². The van der Waals surface area contributed by atoms with Crippen molar-refractivity contribution in [3.63, 3.8) is 0 Å². The highest BCUT2D eigenvalue weighted by Gasteiger charge is 2.25. The lowest BCUT2D eigenvalue weighted by atomic mass is 9.84. The number of benzene rings is 1. The molecular formula is C15H14O2. The first-order chi connectivity index (χ1) is 8.31. The highest BCUT2D eigenvalue weighted by Crippen LogP contribution is 2.37. The summed E-state index contributed by atoms with van der Waals surface area (Å²) in [6, 6.07) is 7.95. The van der Waals surface area contributed by atoms with Gasteiger partial charge in [-0.25, -0.2) is 0 Å². The molecule has 1 aliphatic carbocycles. The summed E-state index contributed by atoms with van der Waals surface area (Å²) in [4.78, 5) is 10.6. The van der Waals surface area contributed by atoms with E-state index in [4.69, 9.17) is 4.74 Å². The van der Waals surface area contributed by atoms with Crippen LogP contribution in [0.1, 0.15) is 17.2 Å². The van der Waals surface area contributed by atoms with Crippen LogP contribution in [-0.4, -0.2) is 6.47 Å². The Bertz CT molecular complexity index is 497. The zero-order chi connectivity index (χ0) is 12.3. The lowest BCUT2D eigenvalue weighted by Crippen LogP contribution is -2.15. The fourth-order valence-corrected chi connectivity index (χ4v) is 2.22. The van der Waals surface area contributed by atoms with E-state index in [1.807, 2.05) is 24.3 Å². The molecule has 1 aliphatic rings. The predicted molar refractivity (Wildman–Crippen MR) is 67.5 cm³/mol. The normalized spacial score (nSPS) is 18.2. The van der Waals surface area contributed by atoms with E-state index >= 15 is 0 Å². The van der Waals surface area contributed by atoms with Gasteiger partial charge in [-0.05, 0) is 23.1 Å². The molecule has 0 aliphatic heterocycles. The molecule has 0 amide bonds. The molecule has 1 aromatic rings. The standard InChI is InChI=1S/C15H14O2/c1-3-11-9-12-7-5-6-8-14(12)15(17-10-16)13(11)4-2/h3-8,10,15H,1-2,9H2. The highest BCUT2D eigenvalue weighted by atomic mass is 16.5. The maximum atomic E-state index is 10.6. The van der Waals surface area contributed by atoms with Crippen LogP contribution in [0.5, 0.6) is 0 Å². The van der Waals surface area contributed by atoms with Gasteiger partial charge in [0.25, 0.3) is 6.47 Å². The molecule has 0 heterocycles. The summed E-state index contributed by atoms with van der Waals surface area (Å²) in [5, 5.41) is 0. The number of fused-ring (bicyclic) bond motifs is 1.